The van der Waals surface area contributed by atoms with E-state index in [1.54, 1.807) is 0 Å². The van der Waals surface area contributed by atoms with Gasteiger partial charge < -0.3 is 33.8 Å². The second-order valence-electron chi connectivity index (χ2n) is 7.34. The summed E-state index contributed by atoms with van der Waals surface area (Å²) in [5, 5.41) is 11.1. The summed E-state index contributed by atoms with van der Waals surface area (Å²) in [7, 11) is 0.157. The van der Waals surface area contributed by atoms with Crippen molar-refractivity contribution < 1.29 is 38.6 Å². The molecule has 0 amide bonds. The second kappa shape index (κ2) is 7.53. The van der Waals surface area contributed by atoms with Gasteiger partial charge in [0.25, 0.3) is 0 Å². The van der Waals surface area contributed by atoms with E-state index < -0.39 is 5.60 Å². The van der Waals surface area contributed by atoms with Crippen LogP contribution >= 0.6 is 0 Å². The number of carbonyl (C=O) groups is 1. The van der Waals surface area contributed by atoms with Crippen molar-refractivity contribution in [1.82, 2.24) is 0 Å². The van der Waals surface area contributed by atoms with E-state index in [1.165, 1.54) is 5.57 Å². The van der Waals surface area contributed by atoms with Gasteiger partial charge in [0.1, 0.15) is 17.1 Å². The highest BCUT2D eigenvalue weighted by Gasteiger charge is 2.64. The van der Waals surface area contributed by atoms with Gasteiger partial charge in [-0.1, -0.05) is 11.6 Å². The molecule has 1 aliphatic heterocycles. The molecule has 0 bridgehead atoms. The standard InChI is InChI=1S/C17H29O3S.HI/c1-12(2)6-7-15-16(3,20-15)14-10-13(18)8-9-17(14,19)11-21(4)5;/h6,14-15,19H,7-11H2,1-5H3;1H/q+1;/p-1/t14-,15-,16+,17+;/m1./s1. The van der Waals surface area contributed by atoms with Crippen molar-refractivity contribution in [2.45, 2.75) is 63.8 Å². The molecule has 1 saturated carbocycles. The lowest BCUT2D eigenvalue weighted by molar-refractivity contribution is -0.132. The Bertz CT molecular complexity index is 447. The third-order valence-corrected chi connectivity index (χ3v) is 5.94. The molecular weight excluding hydrogens is 411 g/mol. The minimum Gasteiger partial charge on any atom is -1.00 e. The van der Waals surface area contributed by atoms with Gasteiger partial charge >= 0.3 is 0 Å². The van der Waals surface area contributed by atoms with E-state index in [-0.39, 0.29) is 58.3 Å². The van der Waals surface area contributed by atoms with Gasteiger partial charge in [0.15, 0.2) is 0 Å². The van der Waals surface area contributed by atoms with Gasteiger partial charge in [0, 0.05) is 18.8 Å². The van der Waals surface area contributed by atoms with Crippen LogP contribution in [0.25, 0.3) is 0 Å². The monoisotopic (exact) mass is 440 g/mol. The lowest BCUT2D eigenvalue weighted by Gasteiger charge is -2.40. The highest BCUT2D eigenvalue weighted by atomic mass is 127. The number of aliphatic hydroxyl groups is 1. The van der Waals surface area contributed by atoms with Crippen molar-refractivity contribution in [3.05, 3.63) is 11.6 Å². The summed E-state index contributed by atoms with van der Waals surface area (Å²) in [5.41, 5.74) is 0.206. The van der Waals surface area contributed by atoms with Crippen LogP contribution in [0.15, 0.2) is 11.6 Å². The Morgan fingerprint density at radius 1 is 1.45 bits per heavy atom. The fourth-order valence-electron chi connectivity index (χ4n) is 3.66. The van der Waals surface area contributed by atoms with Crippen molar-refractivity contribution in [1.29, 1.82) is 0 Å². The molecule has 4 atom stereocenters. The maximum Gasteiger partial charge on any atom is 0.136 e. The Morgan fingerprint density at radius 2 is 2.09 bits per heavy atom. The Labute approximate surface area is 154 Å². The van der Waals surface area contributed by atoms with Crippen LogP contribution in [0.3, 0.4) is 0 Å². The zero-order valence-corrected chi connectivity index (χ0v) is 17.3. The van der Waals surface area contributed by atoms with Gasteiger partial charge in [-0.25, -0.2) is 0 Å². The zero-order valence-electron chi connectivity index (χ0n) is 14.3. The first kappa shape index (κ1) is 20.5. The Balaban J connectivity index is 0.00000242. The largest absolute Gasteiger partial charge is 1.00 e. The van der Waals surface area contributed by atoms with Gasteiger partial charge in [-0.15, -0.1) is 0 Å². The van der Waals surface area contributed by atoms with E-state index in [4.69, 9.17) is 4.74 Å². The highest BCUT2D eigenvalue weighted by Crippen LogP contribution is 2.53. The molecule has 128 valence electrons. The van der Waals surface area contributed by atoms with Crippen molar-refractivity contribution in [2.75, 3.05) is 18.3 Å². The molecule has 22 heavy (non-hydrogen) atoms. The number of Topliss-reactive ketones (excluding diaryl/α,β-unsaturated/α-hetero) is 1. The average molecular weight is 440 g/mol. The average Bonchev–Trinajstić information content (AvgIpc) is 3.01. The molecule has 0 aromatic carbocycles. The fourth-order valence-corrected chi connectivity index (χ4v) is 5.01. The van der Waals surface area contributed by atoms with E-state index >= 15 is 0 Å². The van der Waals surface area contributed by atoms with E-state index in [0.717, 1.165) is 12.2 Å². The van der Waals surface area contributed by atoms with Crippen LogP contribution in [-0.4, -0.2) is 46.5 Å². The van der Waals surface area contributed by atoms with E-state index in [1.807, 2.05) is 0 Å². The van der Waals surface area contributed by atoms with Crippen molar-refractivity contribution in [3.63, 3.8) is 0 Å². The van der Waals surface area contributed by atoms with E-state index in [0.29, 0.717) is 19.3 Å². The molecular formula is C17H29IO3S. The minimum atomic E-state index is -0.741. The van der Waals surface area contributed by atoms with Crippen molar-refractivity contribution in [2.24, 2.45) is 5.92 Å². The van der Waals surface area contributed by atoms with Gasteiger partial charge in [0.2, 0.25) is 0 Å². The number of epoxide rings is 1. The minimum absolute atomic E-state index is 0. The number of ketones is 1. The van der Waals surface area contributed by atoms with Crippen LogP contribution in [0.2, 0.25) is 0 Å². The normalized spacial score (nSPS) is 37.7. The summed E-state index contributed by atoms with van der Waals surface area (Å²) >= 11 is 0. The van der Waals surface area contributed by atoms with Crippen LogP contribution in [0, 0.1) is 5.92 Å². The third kappa shape index (κ3) is 4.48. The molecule has 1 N–H and O–H groups in total. The SMILES string of the molecule is CC(C)=CC[C@H]1O[C@@]1(C)[C@H]1CC(=O)CC[C@]1(O)C[S+](C)C.[I-]. The van der Waals surface area contributed by atoms with Crippen LogP contribution < -0.4 is 24.0 Å². The molecule has 1 aliphatic carbocycles. The zero-order chi connectivity index (χ0) is 15.8. The lowest BCUT2D eigenvalue weighted by Crippen LogP contribution is -3.00. The van der Waals surface area contributed by atoms with E-state index in [9.17, 15) is 9.90 Å². The van der Waals surface area contributed by atoms with Gasteiger partial charge in [-0.2, -0.15) is 0 Å². The summed E-state index contributed by atoms with van der Waals surface area (Å²) in [4.78, 5) is 11.9. The number of hydrogen-bond donors (Lipinski definition) is 1. The molecule has 2 fully saturated rings. The van der Waals surface area contributed by atoms with Gasteiger partial charge in [0.05, 0.1) is 24.2 Å². The number of carbonyl (C=O) groups excluding carboxylic acids is 1. The van der Waals surface area contributed by atoms with Crippen molar-refractivity contribution >= 4 is 16.7 Å². The van der Waals surface area contributed by atoms with Crippen molar-refractivity contribution in [3.8, 4) is 0 Å². The molecule has 5 heteroatoms. The first-order chi connectivity index (χ1) is 9.67. The number of allylic oxidation sites excluding steroid dienone is 1. The van der Waals surface area contributed by atoms with Gasteiger partial charge in [-0.05, 0) is 44.5 Å². The van der Waals surface area contributed by atoms with Crippen LogP contribution in [-0.2, 0) is 20.4 Å². The molecule has 0 radical (unpaired) electrons. The van der Waals surface area contributed by atoms with Crippen LogP contribution in [0.5, 0.6) is 0 Å². The number of hydrogen-bond acceptors (Lipinski definition) is 3. The fraction of sp³-hybridized carbons (Fsp3) is 0.824. The third-order valence-electron chi connectivity index (χ3n) is 4.87. The highest BCUT2D eigenvalue weighted by molar-refractivity contribution is 7.95. The number of rotatable bonds is 5. The quantitative estimate of drug-likeness (QED) is 0.271. The first-order valence-corrected chi connectivity index (χ1v) is 9.98. The van der Waals surface area contributed by atoms with E-state index in [2.05, 4.69) is 39.4 Å². The maximum atomic E-state index is 11.9. The predicted octanol–water partition coefficient (Wildman–Crippen LogP) is -0.518. The Kier molecular flexibility index (Phi) is 7.00. The Morgan fingerprint density at radius 3 is 2.64 bits per heavy atom. The molecule has 1 heterocycles. The topological polar surface area (TPSA) is 49.8 Å². The Hall–Kier alpha value is 0.410. The molecule has 2 aliphatic rings. The number of halogens is 1. The molecule has 0 unspecified atom stereocenters. The smallest absolute Gasteiger partial charge is 0.136 e. The second-order valence-corrected chi connectivity index (χ2v) is 9.60. The summed E-state index contributed by atoms with van der Waals surface area (Å²) in [6.45, 7) is 6.24. The molecule has 0 aromatic heterocycles. The predicted molar refractivity (Wildman–Crippen MR) is 88.7 cm³/mol. The summed E-state index contributed by atoms with van der Waals surface area (Å²) < 4.78 is 5.97. The first-order valence-electron chi connectivity index (χ1n) is 7.77. The molecule has 3 nitrogen and oxygen atoms in total. The molecule has 2 rings (SSSR count). The van der Waals surface area contributed by atoms with Gasteiger partial charge in [-0.3, -0.25) is 4.79 Å². The summed E-state index contributed by atoms with van der Waals surface area (Å²) in [6.07, 6.45) is 9.09. The maximum absolute atomic E-state index is 11.9. The van der Waals surface area contributed by atoms with Crippen LogP contribution in [0.4, 0.5) is 0 Å². The molecule has 0 aromatic rings. The summed E-state index contributed by atoms with van der Waals surface area (Å²) in [5.74, 6) is 0.991. The lowest BCUT2D eigenvalue weighted by atomic mass is 9.68. The van der Waals surface area contributed by atoms with Crippen LogP contribution in [0.1, 0.15) is 46.5 Å². The molecule has 1 saturated heterocycles. The summed E-state index contributed by atoms with van der Waals surface area (Å²) in [6, 6.07) is 0. The number of ether oxygens (including phenoxy) is 1. The molecule has 0 spiro atoms.